The van der Waals surface area contributed by atoms with Crippen LogP contribution in [0.2, 0.25) is 0 Å². The van der Waals surface area contributed by atoms with Crippen LogP contribution in [0.3, 0.4) is 0 Å². The number of benzene rings is 1. The van der Waals surface area contributed by atoms with Gasteiger partial charge in [0.15, 0.2) is 0 Å². The fourth-order valence-electron chi connectivity index (χ4n) is 2.15. The van der Waals surface area contributed by atoms with Crippen LogP contribution in [-0.4, -0.2) is 35.4 Å². The van der Waals surface area contributed by atoms with Crippen molar-refractivity contribution in [2.75, 3.05) is 13.1 Å². The molecule has 0 spiro atoms. The number of H-pyrrole nitrogens is 1. The van der Waals surface area contributed by atoms with Crippen LogP contribution < -0.4 is 11.2 Å². The number of aromatic nitrogens is 2. The van der Waals surface area contributed by atoms with E-state index in [1.165, 1.54) is 29.6 Å². The summed E-state index contributed by atoms with van der Waals surface area (Å²) in [5.74, 6) is 0. The van der Waals surface area contributed by atoms with Gasteiger partial charge >= 0.3 is 5.69 Å². The molecule has 0 aliphatic heterocycles. The van der Waals surface area contributed by atoms with E-state index < -0.39 is 21.3 Å². The zero-order valence-corrected chi connectivity index (χ0v) is 12.9. The van der Waals surface area contributed by atoms with Gasteiger partial charge < -0.3 is 4.98 Å². The van der Waals surface area contributed by atoms with E-state index in [9.17, 15) is 18.0 Å². The van der Waals surface area contributed by atoms with Crippen LogP contribution in [0.25, 0.3) is 10.9 Å². The summed E-state index contributed by atoms with van der Waals surface area (Å²) < 4.78 is 27.1. The van der Waals surface area contributed by atoms with Gasteiger partial charge in [0.25, 0.3) is 5.56 Å². The maximum absolute atomic E-state index is 12.4. The molecule has 1 aromatic heterocycles. The molecule has 8 heteroatoms. The van der Waals surface area contributed by atoms with Gasteiger partial charge in [0.05, 0.1) is 15.8 Å². The van der Waals surface area contributed by atoms with Crippen LogP contribution in [0.1, 0.15) is 13.8 Å². The highest BCUT2D eigenvalue weighted by molar-refractivity contribution is 7.89. The zero-order chi connectivity index (χ0) is 15.8. The summed E-state index contributed by atoms with van der Waals surface area (Å²) in [5, 5.41) is 0.172. The monoisotopic (exact) mass is 311 g/mol. The van der Waals surface area contributed by atoms with Crippen molar-refractivity contribution in [1.82, 2.24) is 13.9 Å². The van der Waals surface area contributed by atoms with Crippen LogP contribution >= 0.6 is 0 Å². The smallest absolute Gasteiger partial charge is 0.307 e. The molecule has 0 amide bonds. The average Bonchev–Trinajstić information content (AvgIpc) is 2.45. The molecule has 7 nitrogen and oxygen atoms in total. The number of fused-ring (bicyclic) bond motifs is 1. The Kier molecular flexibility index (Phi) is 4.02. The molecule has 2 aromatic rings. The van der Waals surface area contributed by atoms with Gasteiger partial charge in [-0.05, 0) is 18.2 Å². The van der Waals surface area contributed by atoms with Gasteiger partial charge in [-0.25, -0.2) is 13.2 Å². The van der Waals surface area contributed by atoms with Crippen molar-refractivity contribution in [2.24, 2.45) is 7.05 Å². The van der Waals surface area contributed by atoms with E-state index in [0.717, 1.165) is 4.57 Å². The van der Waals surface area contributed by atoms with Gasteiger partial charge in [0, 0.05) is 20.1 Å². The third-order valence-electron chi connectivity index (χ3n) is 3.42. The second-order valence-corrected chi connectivity index (χ2v) is 6.53. The van der Waals surface area contributed by atoms with Crippen molar-refractivity contribution in [3.05, 3.63) is 39.0 Å². The Balaban J connectivity index is 2.75. The first-order valence-electron chi connectivity index (χ1n) is 6.56. The van der Waals surface area contributed by atoms with E-state index in [2.05, 4.69) is 4.98 Å². The summed E-state index contributed by atoms with van der Waals surface area (Å²) in [6.45, 7) is 4.19. The van der Waals surface area contributed by atoms with Crippen molar-refractivity contribution < 1.29 is 8.42 Å². The van der Waals surface area contributed by atoms with E-state index in [1.54, 1.807) is 13.8 Å². The Bertz CT molecular complexity index is 892. The quantitative estimate of drug-likeness (QED) is 0.876. The standard InChI is InChI=1S/C13H17N3O4S/c1-4-16(5-2)21(19,20)9-6-7-11-10(8-9)12(17)15(3)13(18)14-11/h6-8H,4-5H2,1-3H3,(H,14,18). The third kappa shape index (κ3) is 2.52. The highest BCUT2D eigenvalue weighted by Crippen LogP contribution is 2.18. The number of aromatic amines is 1. The van der Waals surface area contributed by atoms with Crippen molar-refractivity contribution in [3.8, 4) is 0 Å². The van der Waals surface area contributed by atoms with Crippen molar-refractivity contribution in [2.45, 2.75) is 18.7 Å². The molecule has 21 heavy (non-hydrogen) atoms. The van der Waals surface area contributed by atoms with Crippen molar-refractivity contribution in [3.63, 3.8) is 0 Å². The molecule has 0 atom stereocenters. The Morgan fingerprint density at radius 1 is 1.19 bits per heavy atom. The minimum absolute atomic E-state index is 0.0443. The first-order chi connectivity index (χ1) is 9.82. The Morgan fingerprint density at radius 3 is 2.38 bits per heavy atom. The van der Waals surface area contributed by atoms with Gasteiger partial charge in [-0.15, -0.1) is 0 Å². The number of sulfonamides is 1. The Labute approximate surface area is 121 Å². The normalized spacial score (nSPS) is 12.2. The lowest BCUT2D eigenvalue weighted by Gasteiger charge is -2.18. The molecule has 0 saturated heterocycles. The molecule has 114 valence electrons. The topological polar surface area (TPSA) is 92.2 Å². The van der Waals surface area contributed by atoms with E-state index in [1.807, 2.05) is 0 Å². The van der Waals surface area contributed by atoms with E-state index >= 15 is 0 Å². The molecule has 0 bridgehead atoms. The van der Waals surface area contributed by atoms with E-state index in [0.29, 0.717) is 18.6 Å². The SMILES string of the molecule is CCN(CC)S(=O)(=O)c1ccc2[nH]c(=O)n(C)c(=O)c2c1. The molecule has 0 saturated carbocycles. The van der Waals surface area contributed by atoms with Gasteiger partial charge in [-0.3, -0.25) is 9.36 Å². The molecule has 1 aromatic carbocycles. The van der Waals surface area contributed by atoms with Gasteiger partial charge in [0.1, 0.15) is 0 Å². The molecular formula is C13H17N3O4S. The van der Waals surface area contributed by atoms with Crippen molar-refractivity contribution >= 4 is 20.9 Å². The number of nitrogens with zero attached hydrogens (tertiary/aromatic N) is 2. The summed E-state index contributed by atoms with van der Waals surface area (Å²) in [5.41, 5.74) is -0.737. The van der Waals surface area contributed by atoms with Crippen LogP contribution in [0.5, 0.6) is 0 Å². The predicted molar refractivity (Wildman–Crippen MR) is 79.9 cm³/mol. The fourth-order valence-corrected chi connectivity index (χ4v) is 3.64. The summed E-state index contributed by atoms with van der Waals surface area (Å²) in [6, 6.07) is 4.14. The third-order valence-corrected chi connectivity index (χ3v) is 5.46. The highest BCUT2D eigenvalue weighted by Gasteiger charge is 2.22. The lowest BCUT2D eigenvalue weighted by molar-refractivity contribution is 0.445. The highest BCUT2D eigenvalue weighted by atomic mass is 32.2. The molecule has 1 heterocycles. The second kappa shape index (κ2) is 5.45. The minimum atomic E-state index is -3.64. The number of rotatable bonds is 4. The summed E-state index contributed by atoms with van der Waals surface area (Å²) in [4.78, 5) is 26.2. The number of nitrogens with one attached hydrogen (secondary N) is 1. The summed E-state index contributed by atoms with van der Waals surface area (Å²) in [6.07, 6.45) is 0. The second-order valence-electron chi connectivity index (χ2n) is 4.59. The molecule has 2 rings (SSSR count). The minimum Gasteiger partial charge on any atom is -0.307 e. The van der Waals surface area contributed by atoms with E-state index in [-0.39, 0.29) is 10.3 Å². The molecule has 1 N–H and O–H groups in total. The summed E-state index contributed by atoms with van der Waals surface area (Å²) in [7, 11) is -2.30. The van der Waals surface area contributed by atoms with E-state index in [4.69, 9.17) is 0 Å². The number of hydrogen-bond donors (Lipinski definition) is 1. The lowest BCUT2D eigenvalue weighted by atomic mass is 10.2. The molecule has 0 aliphatic carbocycles. The fraction of sp³-hybridized carbons (Fsp3) is 0.385. The molecular weight excluding hydrogens is 294 g/mol. The Hall–Kier alpha value is -1.93. The van der Waals surface area contributed by atoms with Gasteiger partial charge in [-0.1, -0.05) is 13.8 Å². The van der Waals surface area contributed by atoms with Gasteiger partial charge in [-0.2, -0.15) is 4.31 Å². The molecule has 0 radical (unpaired) electrons. The number of hydrogen-bond acceptors (Lipinski definition) is 4. The molecule has 0 unspecified atom stereocenters. The first-order valence-corrected chi connectivity index (χ1v) is 8.00. The molecule has 0 aliphatic rings. The van der Waals surface area contributed by atoms with Crippen LogP contribution in [-0.2, 0) is 17.1 Å². The molecule has 0 fully saturated rings. The van der Waals surface area contributed by atoms with Crippen molar-refractivity contribution in [1.29, 1.82) is 0 Å². The van der Waals surface area contributed by atoms with Crippen LogP contribution in [0, 0.1) is 0 Å². The average molecular weight is 311 g/mol. The van der Waals surface area contributed by atoms with Crippen LogP contribution in [0.15, 0.2) is 32.7 Å². The largest absolute Gasteiger partial charge is 0.328 e. The zero-order valence-electron chi connectivity index (χ0n) is 12.1. The first kappa shape index (κ1) is 15.5. The lowest BCUT2D eigenvalue weighted by Crippen LogP contribution is -2.33. The maximum Gasteiger partial charge on any atom is 0.328 e. The maximum atomic E-state index is 12.4. The Morgan fingerprint density at radius 2 is 1.81 bits per heavy atom. The summed E-state index contributed by atoms with van der Waals surface area (Å²) >= 11 is 0. The predicted octanol–water partition coefficient (Wildman–Crippen LogP) is 0.257. The van der Waals surface area contributed by atoms with Gasteiger partial charge in [0.2, 0.25) is 10.0 Å². The van der Waals surface area contributed by atoms with Crippen LogP contribution in [0.4, 0.5) is 0 Å².